The summed E-state index contributed by atoms with van der Waals surface area (Å²) >= 11 is 0.605. The van der Waals surface area contributed by atoms with E-state index in [2.05, 4.69) is 9.98 Å². The third kappa shape index (κ3) is 6.55. The van der Waals surface area contributed by atoms with Crippen LogP contribution in [-0.2, 0) is 26.7 Å². The van der Waals surface area contributed by atoms with Gasteiger partial charge in [-0.2, -0.15) is 36.3 Å². The quantitative estimate of drug-likeness (QED) is 0.489. The van der Waals surface area contributed by atoms with E-state index < -0.39 is 58.7 Å². The van der Waals surface area contributed by atoms with Gasteiger partial charge in [0, 0.05) is 11.4 Å². The fourth-order valence-electron chi connectivity index (χ4n) is 2.55. The molecule has 1 unspecified atom stereocenters. The number of esters is 1. The summed E-state index contributed by atoms with van der Waals surface area (Å²) < 4.78 is 82.5. The molecule has 1 aliphatic rings. The standard InChI is InChI=1S/C18H15F6N3O4S/c1-3-31-15(29)13-8(2)25-16(30)27-14(13)32-7-12(28)26-11-5-9(17(19,20)21)4-10(6-11)18(22,23)24/h4-6,13H,3,7H2,1-2H3,(H,26,28). The zero-order chi connectivity index (χ0) is 24.3. The van der Waals surface area contributed by atoms with Crippen molar-refractivity contribution < 1.29 is 45.5 Å². The van der Waals surface area contributed by atoms with Crippen LogP contribution in [0.1, 0.15) is 25.0 Å². The van der Waals surface area contributed by atoms with Gasteiger partial charge in [-0.25, -0.2) is 4.79 Å². The summed E-state index contributed by atoms with van der Waals surface area (Å²) in [6, 6.07) is -0.285. The SMILES string of the molecule is CCOC(=O)C1C(C)=NC(=O)N=C1SCC(=O)Nc1cc(C(F)(F)F)cc(C(F)(F)F)c1. The van der Waals surface area contributed by atoms with Gasteiger partial charge in [0.1, 0.15) is 5.92 Å². The largest absolute Gasteiger partial charge is 0.465 e. The number of halogens is 6. The molecular weight excluding hydrogens is 468 g/mol. The van der Waals surface area contributed by atoms with E-state index in [4.69, 9.17) is 4.74 Å². The Hall–Kier alpha value is -2.90. The number of hydrogen-bond acceptors (Lipinski definition) is 5. The summed E-state index contributed by atoms with van der Waals surface area (Å²) in [4.78, 5) is 42.9. The van der Waals surface area contributed by atoms with E-state index in [1.807, 2.05) is 5.32 Å². The smallest absolute Gasteiger partial charge is 0.416 e. The number of rotatable bonds is 5. The minimum Gasteiger partial charge on any atom is -0.465 e. The first-order valence-corrected chi connectivity index (χ1v) is 9.77. The van der Waals surface area contributed by atoms with Crippen LogP contribution in [0.4, 0.5) is 36.8 Å². The van der Waals surface area contributed by atoms with Gasteiger partial charge in [0.25, 0.3) is 0 Å². The molecule has 1 aromatic carbocycles. The Labute approximate surface area is 181 Å². The molecule has 2 rings (SSSR count). The third-order valence-electron chi connectivity index (χ3n) is 3.89. The van der Waals surface area contributed by atoms with Crippen molar-refractivity contribution in [2.24, 2.45) is 15.9 Å². The molecule has 1 aliphatic heterocycles. The molecule has 14 heteroatoms. The maximum absolute atomic E-state index is 12.9. The average molecular weight is 483 g/mol. The fraction of sp³-hybridized carbons (Fsp3) is 0.389. The van der Waals surface area contributed by atoms with Gasteiger partial charge in [-0.15, -0.1) is 0 Å². The van der Waals surface area contributed by atoms with E-state index in [0.29, 0.717) is 23.9 Å². The van der Waals surface area contributed by atoms with Gasteiger partial charge in [0.2, 0.25) is 5.91 Å². The van der Waals surface area contributed by atoms with Gasteiger partial charge in [-0.05, 0) is 32.0 Å². The first-order valence-electron chi connectivity index (χ1n) is 8.79. The summed E-state index contributed by atoms with van der Waals surface area (Å²) in [7, 11) is 0. The number of hydrogen-bond donors (Lipinski definition) is 1. The van der Waals surface area contributed by atoms with Crippen LogP contribution in [0.25, 0.3) is 0 Å². The highest BCUT2D eigenvalue weighted by Crippen LogP contribution is 2.37. The summed E-state index contributed by atoms with van der Waals surface area (Å²) in [5.74, 6) is -3.48. The molecule has 0 spiro atoms. The molecule has 1 N–H and O–H groups in total. The number of nitrogens with zero attached hydrogens (tertiary/aromatic N) is 2. The first kappa shape index (κ1) is 25.4. The molecule has 0 bridgehead atoms. The molecule has 0 fully saturated rings. The number of urea groups is 1. The second-order valence-electron chi connectivity index (χ2n) is 6.30. The molecule has 1 heterocycles. The molecule has 0 aromatic heterocycles. The van der Waals surface area contributed by atoms with Crippen LogP contribution in [-0.4, -0.2) is 41.0 Å². The van der Waals surface area contributed by atoms with Gasteiger partial charge in [-0.3, -0.25) is 9.59 Å². The Bertz CT molecular complexity index is 956. The van der Waals surface area contributed by atoms with Crippen LogP contribution >= 0.6 is 11.8 Å². The lowest BCUT2D eigenvalue weighted by Gasteiger charge is -2.19. The van der Waals surface area contributed by atoms with Crippen molar-refractivity contribution >= 4 is 46.1 Å². The van der Waals surface area contributed by atoms with Gasteiger partial charge >= 0.3 is 24.4 Å². The number of amides is 3. The second-order valence-corrected chi connectivity index (χ2v) is 7.30. The van der Waals surface area contributed by atoms with E-state index in [1.165, 1.54) is 6.92 Å². The van der Waals surface area contributed by atoms with Crippen molar-refractivity contribution in [1.82, 2.24) is 0 Å². The summed E-state index contributed by atoms with van der Waals surface area (Å²) in [6.07, 6.45) is -10.1. The van der Waals surface area contributed by atoms with Crippen molar-refractivity contribution in [2.75, 3.05) is 17.7 Å². The highest BCUT2D eigenvalue weighted by molar-refractivity contribution is 8.14. The van der Waals surface area contributed by atoms with Crippen LogP contribution in [0, 0.1) is 5.92 Å². The zero-order valence-corrected chi connectivity index (χ0v) is 17.2. The van der Waals surface area contributed by atoms with E-state index in [0.717, 1.165) is 0 Å². The monoisotopic (exact) mass is 483 g/mol. The van der Waals surface area contributed by atoms with Crippen LogP contribution in [0.5, 0.6) is 0 Å². The van der Waals surface area contributed by atoms with E-state index in [9.17, 15) is 40.7 Å². The Morgan fingerprint density at radius 2 is 1.62 bits per heavy atom. The molecule has 7 nitrogen and oxygen atoms in total. The molecule has 0 saturated carbocycles. The predicted octanol–water partition coefficient (Wildman–Crippen LogP) is 4.57. The van der Waals surface area contributed by atoms with Crippen molar-refractivity contribution in [1.29, 1.82) is 0 Å². The molecule has 32 heavy (non-hydrogen) atoms. The van der Waals surface area contributed by atoms with Gasteiger partial charge < -0.3 is 10.1 Å². The molecule has 0 radical (unpaired) electrons. The Morgan fingerprint density at radius 3 is 2.12 bits per heavy atom. The lowest BCUT2D eigenvalue weighted by atomic mass is 10.1. The minimum absolute atomic E-state index is 0.0199. The van der Waals surface area contributed by atoms with E-state index in [-0.39, 0.29) is 23.4 Å². The fourth-order valence-corrected chi connectivity index (χ4v) is 3.48. The maximum atomic E-state index is 12.9. The number of alkyl halides is 6. The van der Waals surface area contributed by atoms with Crippen molar-refractivity contribution in [2.45, 2.75) is 26.2 Å². The Kier molecular flexibility index (Phi) is 7.70. The van der Waals surface area contributed by atoms with Crippen molar-refractivity contribution in [3.8, 4) is 0 Å². The molecule has 0 aliphatic carbocycles. The van der Waals surface area contributed by atoms with Crippen LogP contribution < -0.4 is 5.32 Å². The maximum Gasteiger partial charge on any atom is 0.416 e. The number of carbonyl (C=O) groups excluding carboxylic acids is 3. The Morgan fingerprint density at radius 1 is 1.06 bits per heavy atom. The molecular formula is C18H15F6N3O4S. The summed E-state index contributed by atoms with van der Waals surface area (Å²) in [6.45, 7) is 2.93. The number of thioether (sulfide) groups is 1. The lowest BCUT2D eigenvalue weighted by molar-refractivity contribution is -0.144. The van der Waals surface area contributed by atoms with Crippen molar-refractivity contribution in [3.63, 3.8) is 0 Å². The summed E-state index contributed by atoms with van der Waals surface area (Å²) in [5, 5.41) is 1.82. The number of carbonyl (C=O) groups is 3. The van der Waals surface area contributed by atoms with Gasteiger partial charge in [-0.1, -0.05) is 11.8 Å². The number of anilines is 1. The predicted molar refractivity (Wildman–Crippen MR) is 104 cm³/mol. The van der Waals surface area contributed by atoms with E-state index >= 15 is 0 Å². The number of ether oxygens (including phenoxy) is 1. The minimum atomic E-state index is -5.07. The zero-order valence-electron chi connectivity index (χ0n) is 16.4. The Balaban J connectivity index is 2.18. The number of nitrogens with one attached hydrogen (secondary N) is 1. The van der Waals surface area contributed by atoms with Crippen LogP contribution in [0.3, 0.4) is 0 Å². The molecule has 174 valence electrons. The molecule has 3 amide bonds. The third-order valence-corrected chi connectivity index (χ3v) is 4.92. The van der Waals surface area contributed by atoms with E-state index in [1.54, 1.807) is 6.92 Å². The summed E-state index contributed by atoms with van der Waals surface area (Å²) in [5.41, 5.74) is -3.84. The van der Waals surface area contributed by atoms with Gasteiger partial charge in [0.05, 0.1) is 28.5 Å². The number of benzene rings is 1. The normalized spacial score (nSPS) is 16.9. The number of aliphatic imine (C=N–C) groups is 2. The molecule has 0 saturated heterocycles. The highest BCUT2D eigenvalue weighted by Gasteiger charge is 2.37. The lowest BCUT2D eigenvalue weighted by Crippen LogP contribution is -2.34. The highest BCUT2D eigenvalue weighted by atomic mass is 32.2. The molecule has 1 aromatic rings. The second kappa shape index (κ2) is 9.71. The average Bonchev–Trinajstić information content (AvgIpc) is 2.64. The van der Waals surface area contributed by atoms with Crippen LogP contribution in [0.2, 0.25) is 0 Å². The molecule has 1 atom stereocenters. The van der Waals surface area contributed by atoms with Crippen molar-refractivity contribution in [3.05, 3.63) is 29.3 Å². The first-order chi connectivity index (χ1) is 14.7. The van der Waals surface area contributed by atoms with Gasteiger partial charge in [0.15, 0.2) is 0 Å². The van der Waals surface area contributed by atoms with Crippen LogP contribution in [0.15, 0.2) is 28.2 Å². The topological polar surface area (TPSA) is 97.2 Å².